The molecule has 0 radical (unpaired) electrons. The van der Waals surface area contributed by atoms with Gasteiger partial charge in [-0.05, 0) is 39.2 Å². The quantitative estimate of drug-likeness (QED) is 0.647. The number of nitrogens with two attached hydrogens (primary N) is 1. The van der Waals surface area contributed by atoms with Crippen LogP contribution in [-0.4, -0.2) is 38.4 Å². The Labute approximate surface area is 104 Å². The van der Waals surface area contributed by atoms with Crippen molar-refractivity contribution in [2.75, 3.05) is 19.3 Å². The second kappa shape index (κ2) is 6.35. The molecule has 1 unspecified atom stereocenters. The van der Waals surface area contributed by atoms with Gasteiger partial charge in [0, 0.05) is 12.8 Å². The molecule has 1 amide bonds. The summed E-state index contributed by atoms with van der Waals surface area (Å²) >= 11 is 0. The van der Waals surface area contributed by atoms with E-state index in [1.165, 1.54) is 13.8 Å². The lowest BCUT2D eigenvalue weighted by Crippen LogP contribution is -2.47. The number of nitrogens with one attached hydrogen (secondary N) is 1. The molecule has 0 heterocycles. The van der Waals surface area contributed by atoms with E-state index in [2.05, 4.69) is 5.32 Å². The highest BCUT2D eigenvalue weighted by atomic mass is 32.2. The van der Waals surface area contributed by atoms with Crippen LogP contribution in [0.25, 0.3) is 0 Å². The lowest BCUT2D eigenvalue weighted by molar-refractivity contribution is -0.122. The van der Waals surface area contributed by atoms with E-state index in [1.807, 2.05) is 6.92 Å². The summed E-state index contributed by atoms with van der Waals surface area (Å²) in [5.41, 5.74) is 5.47. The third-order valence-corrected chi connectivity index (χ3v) is 5.07. The molecule has 0 aliphatic heterocycles. The van der Waals surface area contributed by atoms with Gasteiger partial charge < -0.3 is 11.1 Å². The minimum absolute atomic E-state index is 0.426. The van der Waals surface area contributed by atoms with E-state index in [0.717, 1.165) is 19.1 Å². The van der Waals surface area contributed by atoms with Crippen molar-refractivity contribution in [3.05, 3.63) is 0 Å². The van der Waals surface area contributed by atoms with E-state index >= 15 is 0 Å². The smallest absolute Gasteiger partial charge is 0.240 e. The first-order valence-corrected chi connectivity index (χ1v) is 7.70. The standard InChI is InChI=1S/C11H24N2O3S/c1-9(8-12)6-5-7-13-10(14)11(2,3)17(4,15)16/h9H,5-8,12H2,1-4H3,(H,13,14). The van der Waals surface area contributed by atoms with Crippen molar-refractivity contribution in [1.29, 1.82) is 0 Å². The Morgan fingerprint density at radius 2 is 1.94 bits per heavy atom. The number of sulfone groups is 1. The molecule has 0 aromatic carbocycles. The molecule has 5 nitrogen and oxygen atoms in total. The van der Waals surface area contributed by atoms with Gasteiger partial charge in [-0.15, -0.1) is 0 Å². The van der Waals surface area contributed by atoms with E-state index in [1.54, 1.807) is 0 Å². The third-order valence-electron chi connectivity index (χ3n) is 3.04. The van der Waals surface area contributed by atoms with Gasteiger partial charge in [-0.25, -0.2) is 8.42 Å². The number of carbonyl (C=O) groups excluding carboxylic acids is 1. The maximum Gasteiger partial charge on any atom is 0.240 e. The molecule has 0 rings (SSSR count). The normalized spacial score (nSPS) is 14.4. The van der Waals surface area contributed by atoms with Crippen LogP contribution in [0.3, 0.4) is 0 Å². The van der Waals surface area contributed by atoms with Gasteiger partial charge in [0.2, 0.25) is 5.91 Å². The number of amides is 1. The molecule has 0 aliphatic carbocycles. The Morgan fingerprint density at radius 1 is 1.41 bits per heavy atom. The largest absolute Gasteiger partial charge is 0.355 e. The molecule has 6 heteroatoms. The van der Waals surface area contributed by atoms with Crippen molar-refractivity contribution in [2.45, 2.75) is 38.4 Å². The van der Waals surface area contributed by atoms with E-state index < -0.39 is 20.5 Å². The van der Waals surface area contributed by atoms with Crippen LogP contribution in [0.1, 0.15) is 33.6 Å². The maximum absolute atomic E-state index is 11.7. The third kappa shape index (κ3) is 5.04. The maximum atomic E-state index is 11.7. The van der Waals surface area contributed by atoms with Crippen molar-refractivity contribution in [3.8, 4) is 0 Å². The van der Waals surface area contributed by atoms with Crippen molar-refractivity contribution in [2.24, 2.45) is 11.7 Å². The zero-order chi connectivity index (χ0) is 13.7. The first-order chi connectivity index (χ1) is 7.63. The monoisotopic (exact) mass is 264 g/mol. The molecule has 1 atom stereocenters. The summed E-state index contributed by atoms with van der Waals surface area (Å²) in [6, 6.07) is 0. The predicted octanol–water partition coefficient (Wildman–Crippen LogP) is 0.301. The second-order valence-corrected chi connectivity index (χ2v) is 7.59. The van der Waals surface area contributed by atoms with Crippen LogP contribution in [0.4, 0.5) is 0 Å². The molecule has 0 aromatic heterocycles. The molecule has 0 spiro atoms. The molecule has 17 heavy (non-hydrogen) atoms. The van der Waals surface area contributed by atoms with Gasteiger partial charge in [-0.3, -0.25) is 4.79 Å². The lowest BCUT2D eigenvalue weighted by Gasteiger charge is -2.21. The van der Waals surface area contributed by atoms with Gasteiger partial charge in [0.1, 0.15) is 4.75 Å². The highest BCUT2D eigenvalue weighted by Crippen LogP contribution is 2.15. The summed E-state index contributed by atoms with van der Waals surface area (Å²) in [6.45, 7) is 5.99. The Hall–Kier alpha value is -0.620. The number of hydrogen-bond acceptors (Lipinski definition) is 4. The molecule has 0 saturated carbocycles. The first-order valence-electron chi connectivity index (χ1n) is 5.81. The first kappa shape index (κ1) is 16.4. The summed E-state index contributed by atoms with van der Waals surface area (Å²) in [5, 5.41) is 2.65. The zero-order valence-corrected chi connectivity index (χ0v) is 11.9. The molecular formula is C11H24N2O3S. The average Bonchev–Trinajstić information content (AvgIpc) is 2.21. The molecule has 102 valence electrons. The van der Waals surface area contributed by atoms with Gasteiger partial charge >= 0.3 is 0 Å². The number of carbonyl (C=O) groups is 1. The van der Waals surface area contributed by atoms with Gasteiger partial charge in [0.15, 0.2) is 9.84 Å². The van der Waals surface area contributed by atoms with Crippen LogP contribution in [0, 0.1) is 5.92 Å². The van der Waals surface area contributed by atoms with E-state index in [0.29, 0.717) is 19.0 Å². The summed E-state index contributed by atoms with van der Waals surface area (Å²) in [5.74, 6) is -0.0183. The van der Waals surface area contributed by atoms with Crippen molar-refractivity contribution in [3.63, 3.8) is 0 Å². The van der Waals surface area contributed by atoms with Crippen molar-refractivity contribution in [1.82, 2.24) is 5.32 Å². The molecule has 0 bridgehead atoms. The SMILES string of the molecule is CC(CN)CCCNC(=O)C(C)(C)S(C)(=O)=O. The second-order valence-electron chi connectivity index (χ2n) is 5.02. The number of rotatable bonds is 7. The van der Waals surface area contributed by atoms with Crippen LogP contribution in [0.15, 0.2) is 0 Å². The van der Waals surface area contributed by atoms with Gasteiger partial charge in [-0.2, -0.15) is 0 Å². The topological polar surface area (TPSA) is 89.3 Å². The Kier molecular flexibility index (Phi) is 6.12. The van der Waals surface area contributed by atoms with Gasteiger partial charge in [0.05, 0.1) is 0 Å². The summed E-state index contributed by atoms with van der Waals surface area (Å²) < 4.78 is 21.4. The minimum atomic E-state index is -3.39. The predicted molar refractivity (Wildman–Crippen MR) is 69.4 cm³/mol. The Morgan fingerprint density at radius 3 is 2.35 bits per heavy atom. The molecule has 0 aromatic rings. The van der Waals surface area contributed by atoms with Crippen LogP contribution in [-0.2, 0) is 14.6 Å². The molecule has 0 fully saturated rings. The van der Waals surface area contributed by atoms with Crippen LogP contribution >= 0.6 is 0 Å². The highest BCUT2D eigenvalue weighted by molar-refractivity contribution is 7.92. The molecular weight excluding hydrogens is 240 g/mol. The Balaban J connectivity index is 4.12. The fraction of sp³-hybridized carbons (Fsp3) is 0.909. The van der Waals surface area contributed by atoms with Gasteiger partial charge in [0.25, 0.3) is 0 Å². The average molecular weight is 264 g/mol. The van der Waals surface area contributed by atoms with Crippen LogP contribution in [0.5, 0.6) is 0 Å². The Bertz CT molecular complexity index is 350. The highest BCUT2D eigenvalue weighted by Gasteiger charge is 2.37. The van der Waals surface area contributed by atoms with Gasteiger partial charge in [-0.1, -0.05) is 6.92 Å². The summed E-state index contributed by atoms with van der Waals surface area (Å²) in [7, 11) is -3.39. The van der Waals surface area contributed by atoms with Crippen molar-refractivity contribution < 1.29 is 13.2 Å². The van der Waals surface area contributed by atoms with E-state index in [-0.39, 0.29) is 0 Å². The lowest BCUT2D eigenvalue weighted by atomic mass is 10.1. The molecule has 0 aliphatic rings. The molecule has 3 N–H and O–H groups in total. The minimum Gasteiger partial charge on any atom is -0.355 e. The fourth-order valence-corrected chi connectivity index (χ4v) is 1.56. The van der Waals surface area contributed by atoms with E-state index in [4.69, 9.17) is 5.73 Å². The number of hydrogen-bond donors (Lipinski definition) is 2. The summed E-state index contributed by atoms with van der Waals surface area (Å²) in [6.07, 6.45) is 2.81. The van der Waals surface area contributed by atoms with Crippen LogP contribution < -0.4 is 11.1 Å². The van der Waals surface area contributed by atoms with E-state index in [9.17, 15) is 13.2 Å². The molecule has 0 saturated heterocycles. The van der Waals surface area contributed by atoms with Crippen LogP contribution in [0.2, 0.25) is 0 Å². The fourth-order valence-electron chi connectivity index (χ4n) is 1.15. The zero-order valence-electron chi connectivity index (χ0n) is 11.1. The summed E-state index contributed by atoms with van der Waals surface area (Å²) in [4.78, 5) is 11.7. The van der Waals surface area contributed by atoms with Crippen molar-refractivity contribution >= 4 is 15.7 Å².